The van der Waals surface area contributed by atoms with E-state index in [2.05, 4.69) is 15.9 Å². The summed E-state index contributed by atoms with van der Waals surface area (Å²) in [7, 11) is 0. The molecule has 0 radical (unpaired) electrons. The van der Waals surface area contributed by atoms with Gasteiger partial charge in [-0.1, -0.05) is 24.3 Å². The van der Waals surface area contributed by atoms with Gasteiger partial charge in [0.1, 0.15) is 11.9 Å². The van der Waals surface area contributed by atoms with Gasteiger partial charge < -0.3 is 4.90 Å². The van der Waals surface area contributed by atoms with Crippen molar-refractivity contribution < 1.29 is 9.18 Å². The highest BCUT2D eigenvalue weighted by atomic mass is 19.1. The molecule has 144 valence electrons. The molecule has 0 unspecified atom stereocenters. The van der Waals surface area contributed by atoms with Gasteiger partial charge in [-0.25, -0.2) is 4.39 Å². The molecule has 2 saturated heterocycles. The summed E-state index contributed by atoms with van der Waals surface area (Å²) in [5.41, 5.74) is 2.71. The van der Waals surface area contributed by atoms with E-state index in [1.54, 1.807) is 18.2 Å². The monoisotopic (exact) mass is 378 g/mol. The van der Waals surface area contributed by atoms with Crippen LogP contribution in [0.4, 0.5) is 4.39 Å². The molecule has 1 atom stereocenters. The van der Waals surface area contributed by atoms with Crippen LogP contribution in [0.25, 0.3) is 0 Å². The van der Waals surface area contributed by atoms with Gasteiger partial charge in [-0.15, -0.1) is 0 Å². The lowest BCUT2D eigenvalue weighted by molar-refractivity contribution is -0.146. The van der Waals surface area contributed by atoms with E-state index in [1.807, 2.05) is 23.1 Å². The number of nitrogens with zero attached hydrogens (tertiary/aromatic N) is 4. The van der Waals surface area contributed by atoms with Crippen molar-refractivity contribution in [2.24, 2.45) is 0 Å². The molecule has 0 N–H and O–H groups in total. The molecule has 2 aliphatic rings. The van der Waals surface area contributed by atoms with Gasteiger partial charge in [-0.2, -0.15) is 5.26 Å². The second-order valence-electron chi connectivity index (χ2n) is 7.49. The van der Waals surface area contributed by atoms with Gasteiger partial charge in [0, 0.05) is 45.8 Å². The Kier molecular flexibility index (Phi) is 5.38. The van der Waals surface area contributed by atoms with Crippen LogP contribution in [0, 0.1) is 17.1 Å². The van der Waals surface area contributed by atoms with Crippen LogP contribution in [0.2, 0.25) is 0 Å². The number of carbonyl (C=O) groups is 1. The van der Waals surface area contributed by atoms with Crippen LogP contribution < -0.4 is 0 Å². The first-order chi connectivity index (χ1) is 13.6. The Labute approximate surface area is 164 Å². The normalized spacial score (nSPS) is 20.6. The van der Waals surface area contributed by atoms with E-state index in [0.29, 0.717) is 25.2 Å². The summed E-state index contributed by atoms with van der Waals surface area (Å²) in [6.07, 6.45) is 0. The van der Waals surface area contributed by atoms with Crippen molar-refractivity contribution >= 4 is 5.91 Å². The largest absolute Gasteiger partial charge is 0.336 e. The number of nitriles is 1. The lowest BCUT2D eigenvalue weighted by atomic mass is 10.0. The van der Waals surface area contributed by atoms with E-state index in [4.69, 9.17) is 5.26 Å². The zero-order chi connectivity index (χ0) is 19.5. The van der Waals surface area contributed by atoms with Gasteiger partial charge >= 0.3 is 0 Å². The molecule has 2 fully saturated rings. The molecule has 0 aromatic heterocycles. The van der Waals surface area contributed by atoms with E-state index in [0.717, 1.165) is 37.3 Å². The molecule has 28 heavy (non-hydrogen) atoms. The molecule has 2 aromatic carbocycles. The van der Waals surface area contributed by atoms with Gasteiger partial charge in [0.2, 0.25) is 5.91 Å². The molecule has 4 rings (SSSR count). The second-order valence-corrected chi connectivity index (χ2v) is 7.49. The number of halogens is 1. The van der Waals surface area contributed by atoms with Crippen molar-refractivity contribution in [3.63, 3.8) is 0 Å². The third-order valence-electron chi connectivity index (χ3n) is 5.58. The fraction of sp³-hybridized carbons (Fsp3) is 0.364. The third kappa shape index (κ3) is 4.06. The third-order valence-corrected chi connectivity index (χ3v) is 5.58. The topological polar surface area (TPSA) is 50.6 Å². The molecule has 2 heterocycles. The fourth-order valence-electron chi connectivity index (χ4n) is 4.06. The molecule has 0 saturated carbocycles. The van der Waals surface area contributed by atoms with Crippen molar-refractivity contribution in [1.82, 2.24) is 14.7 Å². The highest BCUT2D eigenvalue weighted by Crippen LogP contribution is 2.20. The maximum Gasteiger partial charge on any atom is 0.241 e. The first kappa shape index (κ1) is 18.6. The number of hydrogen-bond acceptors (Lipinski definition) is 4. The minimum absolute atomic E-state index is 0.137. The highest BCUT2D eigenvalue weighted by Gasteiger charge is 2.38. The SMILES string of the molecule is N#Cc1cccc(CN2CCN3CCN(Cc4ccc(F)cc4)C(=O)[C@H]3C2)c1. The van der Waals surface area contributed by atoms with Crippen molar-refractivity contribution in [3.8, 4) is 6.07 Å². The Bertz CT molecular complexity index is 892. The molecule has 2 aliphatic heterocycles. The van der Waals surface area contributed by atoms with Crippen LogP contribution in [0.3, 0.4) is 0 Å². The van der Waals surface area contributed by atoms with Crippen molar-refractivity contribution in [2.45, 2.75) is 19.1 Å². The fourth-order valence-corrected chi connectivity index (χ4v) is 4.06. The van der Waals surface area contributed by atoms with Crippen molar-refractivity contribution in [2.75, 3.05) is 32.7 Å². The number of rotatable bonds is 4. The van der Waals surface area contributed by atoms with E-state index in [-0.39, 0.29) is 17.8 Å². The molecule has 5 nitrogen and oxygen atoms in total. The molecule has 2 aromatic rings. The number of fused-ring (bicyclic) bond motifs is 1. The number of carbonyl (C=O) groups excluding carboxylic acids is 1. The van der Waals surface area contributed by atoms with Crippen LogP contribution in [0.1, 0.15) is 16.7 Å². The summed E-state index contributed by atoms with van der Waals surface area (Å²) in [6, 6.07) is 16.0. The standard InChI is InChI=1S/C22H23FN4O/c23-20-6-4-17(5-7-20)15-27-11-10-26-9-8-25(16-21(26)22(27)28)14-19-3-1-2-18(12-19)13-24/h1-7,12,21H,8-11,14-16H2/t21-/m1/s1. The zero-order valence-electron chi connectivity index (χ0n) is 15.7. The highest BCUT2D eigenvalue weighted by molar-refractivity contribution is 5.83. The summed E-state index contributed by atoms with van der Waals surface area (Å²) in [4.78, 5) is 19.5. The van der Waals surface area contributed by atoms with Crippen molar-refractivity contribution in [1.29, 1.82) is 5.26 Å². The molecule has 0 bridgehead atoms. The van der Waals surface area contributed by atoms with Gasteiger partial charge in [0.05, 0.1) is 11.6 Å². The average molecular weight is 378 g/mol. The first-order valence-corrected chi connectivity index (χ1v) is 9.61. The van der Waals surface area contributed by atoms with Crippen LogP contribution in [-0.4, -0.2) is 59.4 Å². The quantitative estimate of drug-likeness (QED) is 0.819. The van der Waals surface area contributed by atoms with E-state index >= 15 is 0 Å². The molecule has 0 spiro atoms. The van der Waals surface area contributed by atoms with Crippen LogP contribution >= 0.6 is 0 Å². The summed E-state index contributed by atoms with van der Waals surface area (Å²) in [5, 5.41) is 9.08. The van der Waals surface area contributed by atoms with Crippen LogP contribution in [-0.2, 0) is 17.9 Å². The van der Waals surface area contributed by atoms with Gasteiger partial charge in [0.25, 0.3) is 0 Å². The maximum atomic E-state index is 13.1. The Balaban J connectivity index is 1.41. The minimum atomic E-state index is -0.261. The van der Waals surface area contributed by atoms with Crippen LogP contribution in [0.15, 0.2) is 48.5 Å². The zero-order valence-corrected chi connectivity index (χ0v) is 15.7. The molecule has 0 aliphatic carbocycles. The summed E-state index contributed by atoms with van der Waals surface area (Å²) in [6.45, 7) is 5.32. The van der Waals surface area contributed by atoms with E-state index < -0.39 is 0 Å². The number of hydrogen-bond donors (Lipinski definition) is 0. The maximum absolute atomic E-state index is 13.1. The van der Waals surface area contributed by atoms with Gasteiger partial charge in [-0.3, -0.25) is 14.6 Å². The Morgan fingerprint density at radius 2 is 1.79 bits per heavy atom. The molecule has 6 heteroatoms. The number of benzene rings is 2. The van der Waals surface area contributed by atoms with Gasteiger partial charge in [-0.05, 0) is 35.4 Å². The number of amides is 1. The van der Waals surface area contributed by atoms with Gasteiger partial charge in [0.15, 0.2) is 0 Å². The number of piperazine rings is 2. The molecule has 1 amide bonds. The molecular formula is C22H23FN4O. The predicted molar refractivity (Wildman–Crippen MR) is 104 cm³/mol. The Morgan fingerprint density at radius 3 is 2.57 bits per heavy atom. The predicted octanol–water partition coefficient (Wildman–Crippen LogP) is 2.23. The molecular weight excluding hydrogens is 355 g/mol. The lowest BCUT2D eigenvalue weighted by Gasteiger charge is -2.46. The van der Waals surface area contributed by atoms with E-state index in [9.17, 15) is 9.18 Å². The minimum Gasteiger partial charge on any atom is -0.336 e. The van der Waals surface area contributed by atoms with E-state index in [1.165, 1.54) is 12.1 Å². The smallest absolute Gasteiger partial charge is 0.241 e. The Morgan fingerprint density at radius 1 is 1.00 bits per heavy atom. The van der Waals surface area contributed by atoms with Crippen LogP contribution in [0.5, 0.6) is 0 Å². The average Bonchev–Trinajstić information content (AvgIpc) is 2.72. The summed E-state index contributed by atoms with van der Waals surface area (Å²) >= 11 is 0. The van der Waals surface area contributed by atoms with Crippen molar-refractivity contribution in [3.05, 3.63) is 71.0 Å². The Hall–Kier alpha value is -2.75. The summed E-state index contributed by atoms with van der Waals surface area (Å²) < 4.78 is 13.1. The second kappa shape index (κ2) is 8.09. The lowest BCUT2D eigenvalue weighted by Crippen LogP contribution is -2.64. The first-order valence-electron chi connectivity index (χ1n) is 9.61. The summed E-state index contributed by atoms with van der Waals surface area (Å²) in [5.74, 6) is -0.116.